The van der Waals surface area contributed by atoms with Crippen LogP contribution in [-0.2, 0) is 14.4 Å². The third-order valence-electron chi connectivity index (χ3n) is 2.23. The van der Waals surface area contributed by atoms with Crippen LogP contribution in [0, 0.1) is 0 Å². The van der Waals surface area contributed by atoms with Gasteiger partial charge in [-0.25, -0.2) is 0 Å². The van der Waals surface area contributed by atoms with Crippen molar-refractivity contribution in [1.82, 2.24) is 10.2 Å². The second-order valence-electron chi connectivity index (χ2n) is 3.44. The molecule has 7 heteroatoms. The van der Waals surface area contributed by atoms with E-state index >= 15 is 0 Å². The van der Waals surface area contributed by atoms with Gasteiger partial charge in [0.05, 0.1) is 12.3 Å². The summed E-state index contributed by atoms with van der Waals surface area (Å²) < 4.78 is 0. The highest BCUT2D eigenvalue weighted by Gasteiger charge is 2.32. The highest BCUT2D eigenvalue weighted by Crippen LogP contribution is 2.20. The minimum Gasteiger partial charge on any atom is -0.481 e. The fraction of sp³-hybridized carbons (Fsp3) is 0.667. The van der Waals surface area contributed by atoms with Crippen molar-refractivity contribution in [2.75, 3.05) is 18.2 Å². The number of carboxylic acid groups (broad SMARTS) is 1. The molecule has 0 aromatic carbocycles. The molecule has 1 heterocycles. The van der Waals surface area contributed by atoms with Crippen LogP contribution in [0.15, 0.2) is 0 Å². The Balaban J connectivity index is 2.41. The number of amides is 2. The molecule has 0 bridgehead atoms. The first kappa shape index (κ1) is 12.8. The zero-order valence-electron chi connectivity index (χ0n) is 8.93. The first-order chi connectivity index (χ1) is 7.52. The van der Waals surface area contributed by atoms with Crippen LogP contribution >= 0.6 is 11.8 Å². The van der Waals surface area contributed by atoms with Gasteiger partial charge in [0.1, 0.15) is 6.04 Å². The summed E-state index contributed by atoms with van der Waals surface area (Å²) in [7, 11) is 0. The van der Waals surface area contributed by atoms with E-state index in [9.17, 15) is 14.4 Å². The summed E-state index contributed by atoms with van der Waals surface area (Å²) in [6, 6.07) is -0.462. The number of thioether (sulfide) groups is 1. The Morgan fingerprint density at radius 3 is 2.75 bits per heavy atom. The predicted octanol–water partition coefficient (Wildman–Crippen LogP) is -0.501. The quantitative estimate of drug-likeness (QED) is 0.698. The van der Waals surface area contributed by atoms with Crippen molar-refractivity contribution in [3.8, 4) is 0 Å². The number of carbonyl (C=O) groups excluding carboxylic acids is 2. The average Bonchev–Trinajstić information content (AvgIpc) is 2.65. The van der Waals surface area contributed by atoms with Gasteiger partial charge in [0.25, 0.3) is 0 Å². The van der Waals surface area contributed by atoms with Gasteiger partial charge < -0.3 is 15.3 Å². The summed E-state index contributed by atoms with van der Waals surface area (Å²) in [4.78, 5) is 34.6. The molecule has 0 aromatic rings. The lowest BCUT2D eigenvalue weighted by molar-refractivity contribution is -0.138. The van der Waals surface area contributed by atoms with Gasteiger partial charge in [0.2, 0.25) is 11.8 Å². The molecule has 0 aromatic heterocycles. The standard InChI is InChI=1S/C9H14N2O4S/c1-6(12)11-5-16-4-7(11)9(15)10-3-2-8(13)14/h7H,2-5H2,1H3,(H,10,15)(H,13,14). The van der Waals surface area contributed by atoms with Crippen molar-refractivity contribution in [3.05, 3.63) is 0 Å². The molecule has 0 spiro atoms. The van der Waals surface area contributed by atoms with Crippen molar-refractivity contribution >= 4 is 29.5 Å². The van der Waals surface area contributed by atoms with Crippen molar-refractivity contribution in [3.63, 3.8) is 0 Å². The number of nitrogens with zero attached hydrogens (tertiary/aromatic N) is 1. The van der Waals surface area contributed by atoms with Crippen LogP contribution in [-0.4, -0.2) is 52.0 Å². The minimum atomic E-state index is -0.954. The van der Waals surface area contributed by atoms with Crippen LogP contribution < -0.4 is 5.32 Å². The molecular formula is C9H14N2O4S. The fourth-order valence-corrected chi connectivity index (χ4v) is 2.60. The maximum Gasteiger partial charge on any atom is 0.305 e. The van der Waals surface area contributed by atoms with Crippen molar-refractivity contribution in [2.45, 2.75) is 19.4 Å². The van der Waals surface area contributed by atoms with E-state index in [-0.39, 0.29) is 24.8 Å². The monoisotopic (exact) mass is 246 g/mol. The van der Waals surface area contributed by atoms with E-state index in [1.54, 1.807) is 0 Å². The fourth-order valence-electron chi connectivity index (χ4n) is 1.38. The van der Waals surface area contributed by atoms with Gasteiger partial charge >= 0.3 is 5.97 Å². The molecule has 2 N–H and O–H groups in total. The second kappa shape index (κ2) is 5.74. The zero-order chi connectivity index (χ0) is 12.1. The molecule has 1 rings (SSSR count). The van der Waals surface area contributed by atoms with Gasteiger partial charge in [-0.2, -0.15) is 0 Å². The van der Waals surface area contributed by atoms with Crippen molar-refractivity contribution in [1.29, 1.82) is 0 Å². The molecule has 0 radical (unpaired) electrons. The second-order valence-corrected chi connectivity index (χ2v) is 4.44. The summed E-state index contributed by atoms with van der Waals surface area (Å²) in [6.45, 7) is 1.52. The minimum absolute atomic E-state index is 0.0983. The van der Waals surface area contributed by atoms with E-state index in [0.29, 0.717) is 11.6 Å². The summed E-state index contributed by atoms with van der Waals surface area (Å²) >= 11 is 1.51. The number of aliphatic carboxylic acids is 1. The van der Waals surface area contributed by atoms with Crippen molar-refractivity contribution < 1.29 is 19.5 Å². The molecule has 1 unspecified atom stereocenters. The summed E-state index contributed by atoms with van der Waals surface area (Å²) in [5.74, 6) is -0.278. The number of rotatable bonds is 4. The van der Waals surface area contributed by atoms with E-state index in [1.165, 1.54) is 23.6 Å². The van der Waals surface area contributed by atoms with E-state index in [1.807, 2.05) is 0 Å². The molecule has 1 aliphatic rings. The van der Waals surface area contributed by atoms with E-state index in [0.717, 1.165) is 0 Å². The summed E-state index contributed by atoms with van der Waals surface area (Å²) in [6.07, 6.45) is -0.105. The van der Waals surface area contributed by atoms with Crippen LogP contribution in [0.1, 0.15) is 13.3 Å². The van der Waals surface area contributed by atoms with Crippen LogP contribution in [0.5, 0.6) is 0 Å². The molecule has 16 heavy (non-hydrogen) atoms. The lowest BCUT2D eigenvalue weighted by Gasteiger charge is -2.21. The Bertz CT molecular complexity index is 308. The van der Waals surface area contributed by atoms with E-state index in [2.05, 4.69) is 5.32 Å². The number of carbonyl (C=O) groups is 3. The van der Waals surface area contributed by atoms with Crippen molar-refractivity contribution in [2.24, 2.45) is 0 Å². The molecule has 1 atom stereocenters. The highest BCUT2D eigenvalue weighted by atomic mass is 32.2. The molecule has 1 aliphatic heterocycles. The molecule has 90 valence electrons. The van der Waals surface area contributed by atoms with Gasteiger partial charge in [-0.1, -0.05) is 0 Å². The van der Waals surface area contributed by atoms with Gasteiger partial charge in [-0.3, -0.25) is 14.4 Å². The Morgan fingerprint density at radius 2 is 2.19 bits per heavy atom. The van der Waals surface area contributed by atoms with E-state index in [4.69, 9.17) is 5.11 Å². The molecule has 6 nitrogen and oxygen atoms in total. The van der Waals surface area contributed by atoms with Crippen LogP contribution in [0.3, 0.4) is 0 Å². The summed E-state index contributed by atoms with van der Waals surface area (Å²) in [5, 5.41) is 10.9. The normalized spacial score (nSPS) is 19.6. The average molecular weight is 246 g/mol. The molecule has 1 fully saturated rings. The topological polar surface area (TPSA) is 86.7 Å². The maximum absolute atomic E-state index is 11.6. The Morgan fingerprint density at radius 1 is 1.50 bits per heavy atom. The lowest BCUT2D eigenvalue weighted by Crippen LogP contribution is -2.46. The SMILES string of the molecule is CC(=O)N1CSCC1C(=O)NCCC(=O)O. The summed E-state index contributed by atoms with van der Waals surface area (Å²) in [5.41, 5.74) is 0. The lowest BCUT2D eigenvalue weighted by atomic mass is 10.2. The third kappa shape index (κ3) is 3.41. The molecule has 0 aliphatic carbocycles. The first-order valence-corrected chi connectivity index (χ1v) is 6.02. The van der Waals surface area contributed by atoms with Crippen LogP contribution in [0.4, 0.5) is 0 Å². The molecular weight excluding hydrogens is 232 g/mol. The highest BCUT2D eigenvalue weighted by molar-refractivity contribution is 7.99. The van der Waals surface area contributed by atoms with Gasteiger partial charge in [0, 0.05) is 19.2 Å². The van der Waals surface area contributed by atoms with Crippen LogP contribution in [0.2, 0.25) is 0 Å². The molecule has 1 saturated heterocycles. The Labute approximate surface area is 97.4 Å². The predicted molar refractivity (Wildman–Crippen MR) is 58.9 cm³/mol. The Hall–Kier alpha value is -1.24. The van der Waals surface area contributed by atoms with Gasteiger partial charge in [0.15, 0.2) is 0 Å². The maximum atomic E-state index is 11.6. The van der Waals surface area contributed by atoms with Gasteiger partial charge in [-0.05, 0) is 0 Å². The smallest absolute Gasteiger partial charge is 0.305 e. The number of hydrogen-bond donors (Lipinski definition) is 2. The zero-order valence-corrected chi connectivity index (χ0v) is 9.75. The largest absolute Gasteiger partial charge is 0.481 e. The first-order valence-electron chi connectivity index (χ1n) is 4.87. The van der Waals surface area contributed by atoms with E-state index < -0.39 is 12.0 Å². The van der Waals surface area contributed by atoms with Gasteiger partial charge in [-0.15, -0.1) is 11.8 Å². The third-order valence-corrected chi connectivity index (χ3v) is 3.24. The van der Waals surface area contributed by atoms with Crippen LogP contribution in [0.25, 0.3) is 0 Å². The Kier molecular flexibility index (Phi) is 4.60. The number of nitrogens with one attached hydrogen (secondary N) is 1. The molecule has 0 saturated carbocycles. The molecule has 2 amide bonds. The number of hydrogen-bond acceptors (Lipinski definition) is 4. The number of carboxylic acids is 1.